The SMILES string of the molecule is CCC(C)(C(=O)NCc1cc(C)on1)/C(N)=N/O. The Hall–Kier alpha value is -2.05. The Morgan fingerprint density at radius 3 is 2.83 bits per heavy atom. The van der Waals surface area contributed by atoms with Crippen LogP contribution < -0.4 is 11.1 Å². The predicted octanol–water partition coefficient (Wildman–Crippen LogP) is 0.762. The summed E-state index contributed by atoms with van der Waals surface area (Å²) in [6, 6.07) is 1.73. The van der Waals surface area contributed by atoms with E-state index in [1.54, 1.807) is 26.8 Å². The molecule has 1 rings (SSSR count). The number of nitrogens with zero attached hydrogens (tertiary/aromatic N) is 2. The molecule has 7 heteroatoms. The molecule has 4 N–H and O–H groups in total. The molecule has 0 spiro atoms. The normalized spacial score (nSPS) is 15.2. The molecule has 0 aliphatic carbocycles. The van der Waals surface area contributed by atoms with Crippen molar-refractivity contribution in [1.29, 1.82) is 0 Å². The summed E-state index contributed by atoms with van der Waals surface area (Å²) in [5.41, 5.74) is 5.13. The van der Waals surface area contributed by atoms with Crippen molar-refractivity contribution in [3.63, 3.8) is 0 Å². The summed E-state index contributed by atoms with van der Waals surface area (Å²) in [7, 11) is 0. The van der Waals surface area contributed by atoms with E-state index < -0.39 is 5.41 Å². The van der Waals surface area contributed by atoms with Gasteiger partial charge in [0.2, 0.25) is 5.91 Å². The van der Waals surface area contributed by atoms with Crippen LogP contribution in [0.4, 0.5) is 0 Å². The summed E-state index contributed by atoms with van der Waals surface area (Å²) in [6.07, 6.45) is 0.423. The lowest BCUT2D eigenvalue weighted by molar-refractivity contribution is -0.127. The van der Waals surface area contributed by atoms with Crippen LogP contribution in [0.1, 0.15) is 31.7 Å². The van der Waals surface area contributed by atoms with Crippen molar-refractivity contribution in [3.05, 3.63) is 17.5 Å². The maximum Gasteiger partial charge on any atom is 0.233 e. The number of amidine groups is 1. The second-order valence-electron chi connectivity index (χ2n) is 4.28. The van der Waals surface area contributed by atoms with Gasteiger partial charge in [0.05, 0.1) is 6.54 Å². The number of hydrogen-bond donors (Lipinski definition) is 3. The lowest BCUT2D eigenvalue weighted by atomic mass is 9.85. The van der Waals surface area contributed by atoms with Gasteiger partial charge >= 0.3 is 0 Å². The summed E-state index contributed by atoms with van der Waals surface area (Å²) in [5, 5.41) is 18.1. The van der Waals surface area contributed by atoms with E-state index in [0.29, 0.717) is 17.9 Å². The van der Waals surface area contributed by atoms with Gasteiger partial charge in [-0.3, -0.25) is 4.79 Å². The Bertz CT molecular complexity index is 455. The highest BCUT2D eigenvalue weighted by molar-refractivity contribution is 6.06. The third kappa shape index (κ3) is 2.79. The fourth-order valence-corrected chi connectivity index (χ4v) is 1.44. The molecule has 1 atom stereocenters. The zero-order valence-corrected chi connectivity index (χ0v) is 10.7. The minimum atomic E-state index is -1.03. The Balaban J connectivity index is 2.69. The standard InChI is InChI=1S/C11H18N4O3/c1-4-11(3,9(12)14-17)10(16)13-6-8-5-7(2)18-15-8/h5,17H,4,6H2,1-3H3,(H2,12,14)(H,13,16). The summed E-state index contributed by atoms with van der Waals surface area (Å²) in [4.78, 5) is 12.0. The molecule has 0 radical (unpaired) electrons. The van der Waals surface area contributed by atoms with E-state index in [2.05, 4.69) is 15.6 Å². The number of hydrogen-bond acceptors (Lipinski definition) is 5. The molecule has 100 valence electrons. The van der Waals surface area contributed by atoms with Gasteiger partial charge < -0.3 is 20.8 Å². The number of aryl methyl sites for hydroxylation is 1. The molecule has 1 amide bonds. The van der Waals surface area contributed by atoms with E-state index in [1.807, 2.05) is 0 Å². The second kappa shape index (κ2) is 5.52. The number of carbonyl (C=O) groups excluding carboxylic acids is 1. The first-order valence-electron chi connectivity index (χ1n) is 5.62. The quantitative estimate of drug-likeness (QED) is 0.311. The Kier molecular flexibility index (Phi) is 4.30. The predicted molar refractivity (Wildman–Crippen MR) is 64.9 cm³/mol. The molecular weight excluding hydrogens is 236 g/mol. The third-order valence-corrected chi connectivity index (χ3v) is 2.99. The fourth-order valence-electron chi connectivity index (χ4n) is 1.44. The van der Waals surface area contributed by atoms with Crippen LogP contribution in [0.3, 0.4) is 0 Å². The number of carbonyl (C=O) groups is 1. The van der Waals surface area contributed by atoms with Gasteiger partial charge in [0.1, 0.15) is 16.9 Å². The summed E-state index contributed by atoms with van der Waals surface area (Å²) in [6.45, 7) is 5.42. The van der Waals surface area contributed by atoms with Crippen LogP contribution in [0.25, 0.3) is 0 Å². The van der Waals surface area contributed by atoms with E-state index in [1.165, 1.54) is 0 Å². The van der Waals surface area contributed by atoms with Crippen LogP contribution in [0.2, 0.25) is 0 Å². The van der Waals surface area contributed by atoms with Gasteiger partial charge in [-0.25, -0.2) is 0 Å². The van der Waals surface area contributed by atoms with Gasteiger partial charge in [-0.1, -0.05) is 17.2 Å². The van der Waals surface area contributed by atoms with Gasteiger partial charge in [-0.05, 0) is 20.3 Å². The average molecular weight is 254 g/mol. The van der Waals surface area contributed by atoms with Crippen LogP contribution in [0, 0.1) is 12.3 Å². The topological polar surface area (TPSA) is 114 Å². The molecule has 1 unspecified atom stereocenters. The van der Waals surface area contributed by atoms with Crippen LogP contribution in [0.15, 0.2) is 15.7 Å². The van der Waals surface area contributed by atoms with Crippen molar-refractivity contribution in [2.45, 2.75) is 33.7 Å². The molecule has 18 heavy (non-hydrogen) atoms. The van der Waals surface area contributed by atoms with E-state index in [-0.39, 0.29) is 18.3 Å². The number of aromatic nitrogens is 1. The molecule has 7 nitrogen and oxygen atoms in total. The Morgan fingerprint density at radius 1 is 1.72 bits per heavy atom. The molecule has 0 aliphatic heterocycles. The first-order chi connectivity index (χ1) is 8.43. The van der Waals surface area contributed by atoms with Gasteiger partial charge in [0.15, 0.2) is 5.84 Å². The zero-order valence-electron chi connectivity index (χ0n) is 10.7. The first kappa shape index (κ1) is 14.0. The monoisotopic (exact) mass is 254 g/mol. The van der Waals surface area contributed by atoms with Crippen molar-refractivity contribution < 1.29 is 14.5 Å². The van der Waals surface area contributed by atoms with Crippen LogP contribution in [-0.4, -0.2) is 22.1 Å². The summed E-state index contributed by atoms with van der Waals surface area (Å²) in [5.74, 6) is 0.244. The fraction of sp³-hybridized carbons (Fsp3) is 0.545. The molecule has 1 heterocycles. The maximum atomic E-state index is 12.0. The summed E-state index contributed by atoms with van der Waals surface area (Å²) >= 11 is 0. The van der Waals surface area contributed by atoms with Crippen molar-refractivity contribution in [2.24, 2.45) is 16.3 Å². The molecule has 0 aromatic carbocycles. The van der Waals surface area contributed by atoms with Crippen LogP contribution >= 0.6 is 0 Å². The van der Waals surface area contributed by atoms with Gasteiger partial charge in [-0.15, -0.1) is 0 Å². The van der Waals surface area contributed by atoms with Gasteiger partial charge in [0.25, 0.3) is 0 Å². The van der Waals surface area contributed by atoms with Crippen LogP contribution in [0.5, 0.6) is 0 Å². The number of nitrogens with two attached hydrogens (primary N) is 1. The molecule has 0 fully saturated rings. The Labute approximate surface area is 105 Å². The minimum absolute atomic E-state index is 0.112. The molecule has 1 aromatic heterocycles. The number of rotatable bonds is 5. The van der Waals surface area contributed by atoms with E-state index in [0.717, 1.165) is 0 Å². The highest BCUT2D eigenvalue weighted by Gasteiger charge is 2.36. The Morgan fingerprint density at radius 2 is 2.39 bits per heavy atom. The lowest BCUT2D eigenvalue weighted by Crippen LogP contribution is -2.47. The molecule has 0 bridgehead atoms. The molecule has 1 aromatic rings. The van der Waals surface area contributed by atoms with E-state index >= 15 is 0 Å². The molecule has 0 saturated carbocycles. The van der Waals surface area contributed by atoms with Crippen molar-refractivity contribution in [3.8, 4) is 0 Å². The average Bonchev–Trinajstić information content (AvgIpc) is 2.79. The molecule has 0 aliphatic rings. The first-order valence-corrected chi connectivity index (χ1v) is 5.62. The number of oxime groups is 1. The van der Waals surface area contributed by atoms with Gasteiger partial charge in [0, 0.05) is 6.07 Å². The van der Waals surface area contributed by atoms with Crippen LogP contribution in [-0.2, 0) is 11.3 Å². The summed E-state index contributed by atoms with van der Waals surface area (Å²) < 4.78 is 4.89. The zero-order chi connectivity index (χ0) is 13.8. The van der Waals surface area contributed by atoms with Gasteiger partial charge in [-0.2, -0.15) is 0 Å². The van der Waals surface area contributed by atoms with E-state index in [4.69, 9.17) is 15.5 Å². The van der Waals surface area contributed by atoms with E-state index in [9.17, 15) is 4.79 Å². The van der Waals surface area contributed by atoms with Crippen molar-refractivity contribution >= 4 is 11.7 Å². The molecule has 0 saturated heterocycles. The van der Waals surface area contributed by atoms with Crippen molar-refractivity contribution in [1.82, 2.24) is 10.5 Å². The lowest BCUT2D eigenvalue weighted by Gasteiger charge is -2.24. The highest BCUT2D eigenvalue weighted by Crippen LogP contribution is 2.21. The molecular formula is C11H18N4O3. The number of amides is 1. The highest BCUT2D eigenvalue weighted by atomic mass is 16.5. The van der Waals surface area contributed by atoms with Crippen molar-refractivity contribution in [2.75, 3.05) is 0 Å². The minimum Gasteiger partial charge on any atom is -0.409 e. The second-order valence-corrected chi connectivity index (χ2v) is 4.28. The largest absolute Gasteiger partial charge is 0.409 e. The maximum absolute atomic E-state index is 12.0. The smallest absolute Gasteiger partial charge is 0.233 e. The third-order valence-electron chi connectivity index (χ3n) is 2.99. The number of nitrogens with one attached hydrogen (secondary N) is 1.